The SMILES string of the molecule is N#Cc1cccn1CCC(NS(=O)(=O)c1cccc2[nH]ccc12)C(=O)N1CCN(c2ncccn2)CC1. The van der Waals surface area contributed by atoms with Crippen LogP contribution in [0.3, 0.4) is 0 Å². The van der Waals surface area contributed by atoms with Crippen LogP contribution in [0.25, 0.3) is 10.9 Å². The van der Waals surface area contributed by atoms with Gasteiger partial charge in [0.2, 0.25) is 21.9 Å². The van der Waals surface area contributed by atoms with Crippen molar-refractivity contribution in [3.8, 4) is 6.07 Å². The first-order valence-corrected chi connectivity index (χ1v) is 13.4. The number of fused-ring (bicyclic) bond motifs is 1. The van der Waals surface area contributed by atoms with E-state index in [0.717, 1.165) is 0 Å². The summed E-state index contributed by atoms with van der Waals surface area (Å²) in [4.78, 5) is 29.0. The number of hydrogen-bond donors (Lipinski definition) is 2. The molecule has 4 aromatic rings. The molecule has 1 aliphatic heterocycles. The second-order valence-electron chi connectivity index (χ2n) is 8.72. The van der Waals surface area contributed by atoms with Gasteiger partial charge in [-0.2, -0.15) is 9.98 Å². The molecular weight excluding hydrogens is 492 g/mol. The van der Waals surface area contributed by atoms with Gasteiger partial charge >= 0.3 is 0 Å². The maximum Gasteiger partial charge on any atom is 0.241 e. The molecule has 2 N–H and O–H groups in total. The van der Waals surface area contributed by atoms with E-state index in [2.05, 4.69) is 25.7 Å². The van der Waals surface area contributed by atoms with E-state index in [1.165, 1.54) is 6.07 Å². The summed E-state index contributed by atoms with van der Waals surface area (Å²) < 4.78 is 31.3. The molecule has 4 heterocycles. The second kappa shape index (κ2) is 10.4. The topological polar surface area (TPSA) is 140 Å². The van der Waals surface area contributed by atoms with Crippen LogP contribution in [0.5, 0.6) is 0 Å². The quantitative estimate of drug-likeness (QED) is 0.362. The van der Waals surface area contributed by atoms with Gasteiger partial charge in [-0.25, -0.2) is 18.4 Å². The highest BCUT2D eigenvalue weighted by molar-refractivity contribution is 7.89. The maximum atomic E-state index is 13.6. The third kappa shape index (κ3) is 5.18. The molecule has 1 fully saturated rings. The summed E-state index contributed by atoms with van der Waals surface area (Å²) in [7, 11) is -4.02. The summed E-state index contributed by atoms with van der Waals surface area (Å²) in [6.07, 6.45) is 6.96. The minimum absolute atomic E-state index is 0.105. The predicted molar refractivity (Wildman–Crippen MR) is 137 cm³/mol. The van der Waals surface area contributed by atoms with Crippen LogP contribution in [0.4, 0.5) is 5.95 Å². The number of nitrogens with one attached hydrogen (secondary N) is 2. The smallest absolute Gasteiger partial charge is 0.241 e. The molecule has 1 aromatic carbocycles. The van der Waals surface area contributed by atoms with Gasteiger partial charge in [-0.3, -0.25) is 4.79 Å². The highest BCUT2D eigenvalue weighted by atomic mass is 32.2. The zero-order chi connectivity index (χ0) is 25.8. The van der Waals surface area contributed by atoms with Crippen molar-refractivity contribution >= 4 is 32.8 Å². The molecule has 0 aliphatic carbocycles. The molecule has 3 aromatic heterocycles. The largest absolute Gasteiger partial charge is 0.361 e. The number of aryl methyl sites for hydroxylation is 1. The van der Waals surface area contributed by atoms with Crippen molar-refractivity contribution in [1.82, 2.24) is 29.1 Å². The van der Waals surface area contributed by atoms with E-state index in [1.54, 1.807) is 70.7 Å². The molecule has 37 heavy (non-hydrogen) atoms. The number of piperazine rings is 1. The number of benzene rings is 1. The predicted octanol–water partition coefficient (Wildman–Crippen LogP) is 1.72. The molecule has 1 atom stereocenters. The van der Waals surface area contributed by atoms with Crippen LogP contribution in [0.2, 0.25) is 0 Å². The standard InChI is InChI=1S/C25H26N8O3S/c26-18-19-4-2-12-31(19)13-8-22(30-37(35,36)23-6-1-5-21-20(23)7-11-27-21)24(34)32-14-16-33(17-15-32)25-28-9-3-10-29-25/h1-7,9-12,22,27,30H,8,13-17H2. The summed E-state index contributed by atoms with van der Waals surface area (Å²) in [5, 5.41) is 9.90. The number of rotatable bonds is 8. The van der Waals surface area contributed by atoms with Gasteiger partial charge in [-0.05, 0) is 42.8 Å². The first-order chi connectivity index (χ1) is 18.0. The van der Waals surface area contributed by atoms with Crippen molar-refractivity contribution in [2.75, 3.05) is 31.1 Å². The number of anilines is 1. The Morgan fingerprint density at radius 1 is 1.08 bits per heavy atom. The zero-order valence-corrected chi connectivity index (χ0v) is 20.8. The number of nitriles is 1. The molecule has 190 valence electrons. The third-order valence-electron chi connectivity index (χ3n) is 6.47. The van der Waals surface area contributed by atoms with E-state index in [9.17, 15) is 18.5 Å². The maximum absolute atomic E-state index is 13.6. The summed E-state index contributed by atoms with van der Waals surface area (Å²) in [6, 6.07) is 13.0. The van der Waals surface area contributed by atoms with Crippen molar-refractivity contribution in [3.05, 3.63) is 72.9 Å². The number of carbonyl (C=O) groups excluding carboxylic acids is 1. The van der Waals surface area contributed by atoms with E-state index >= 15 is 0 Å². The van der Waals surface area contributed by atoms with Crippen LogP contribution < -0.4 is 9.62 Å². The molecular formula is C25H26N8O3S. The van der Waals surface area contributed by atoms with Gasteiger partial charge < -0.3 is 19.4 Å². The number of amides is 1. The van der Waals surface area contributed by atoms with Crippen molar-refractivity contribution in [1.29, 1.82) is 5.26 Å². The molecule has 1 unspecified atom stereocenters. The van der Waals surface area contributed by atoms with E-state index < -0.39 is 16.1 Å². The van der Waals surface area contributed by atoms with Gasteiger partial charge in [-0.1, -0.05) is 6.07 Å². The van der Waals surface area contributed by atoms with Crippen molar-refractivity contribution in [2.24, 2.45) is 0 Å². The number of nitrogens with zero attached hydrogens (tertiary/aromatic N) is 6. The summed E-state index contributed by atoms with van der Waals surface area (Å²) in [5.41, 5.74) is 1.14. The Morgan fingerprint density at radius 3 is 2.62 bits per heavy atom. The number of hydrogen-bond acceptors (Lipinski definition) is 7. The Morgan fingerprint density at radius 2 is 1.86 bits per heavy atom. The number of H-pyrrole nitrogens is 1. The van der Waals surface area contributed by atoms with Gasteiger partial charge in [0.05, 0.1) is 4.90 Å². The monoisotopic (exact) mass is 518 g/mol. The molecule has 1 saturated heterocycles. The van der Waals surface area contributed by atoms with Gasteiger partial charge in [0.1, 0.15) is 17.8 Å². The number of aromatic amines is 1. The highest BCUT2D eigenvalue weighted by Crippen LogP contribution is 2.23. The van der Waals surface area contributed by atoms with Crippen LogP contribution in [-0.4, -0.2) is 71.0 Å². The van der Waals surface area contributed by atoms with Crippen molar-refractivity contribution in [2.45, 2.75) is 23.9 Å². The number of carbonyl (C=O) groups is 1. The number of sulfonamides is 1. The van der Waals surface area contributed by atoms with E-state index in [1.807, 2.05) is 4.90 Å². The lowest BCUT2D eigenvalue weighted by Crippen LogP contribution is -2.55. The lowest BCUT2D eigenvalue weighted by atomic mass is 10.1. The van der Waals surface area contributed by atoms with E-state index in [4.69, 9.17) is 0 Å². The third-order valence-corrected chi connectivity index (χ3v) is 8.00. The summed E-state index contributed by atoms with van der Waals surface area (Å²) >= 11 is 0. The Labute approximate surface area is 214 Å². The highest BCUT2D eigenvalue weighted by Gasteiger charge is 2.32. The van der Waals surface area contributed by atoms with Crippen LogP contribution in [0, 0.1) is 11.3 Å². The Balaban J connectivity index is 1.36. The summed E-state index contributed by atoms with van der Waals surface area (Å²) in [5.74, 6) is 0.298. The average molecular weight is 519 g/mol. The Kier molecular flexibility index (Phi) is 6.89. The van der Waals surface area contributed by atoms with Crippen LogP contribution in [0.15, 0.2) is 72.1 Å². The molecule has 5 rings (SSSR count). The molecule has 11 nitrogen and oxygen atoms in total. The molecule has 1 aliphatic rings. The normalized spacial score (nSPS) is 15.0. The second-order valence-corrected chi connectivity index (χ2v) is 10.4. The zero-order valence-electron chi connectivity index (χ0n) is 20.0. The minimum Gasteiger partial charge on any atom is -0.361 e. The van der Waals surface area contributed by atoms with Crippen LogP contribution in [0.1, 0.15) is 12.1 Å². The fourth-order valence-corrected chi connectivity index (χ4v) is 6.00. The van der Waals surface area contributed by atoms with E-state index in [0.29, 0.717) is 55.3 Å². The molecule has 1 amide bonds. The molecule has 12 heteroatoms. The van der Waals surface area contributed by atoms with Crippen molar-refractivity contribution in [3.63, 3.8) is 0 Å². The molecule has 0 radical (unpaired) electrons. The Hall–Kier alpha value is -4.21. The van der Waals surface area contributed by atoms with Crippen molar-refractivity contribution < 1.29 is 13.2 Å². The first kappa shape index (κ1) is 24.5. The van der Waals surface area contributed by atoms with Gasteiger partial charge in [0, 0.05) is 68.4 Å². The molecule has 0 bridgehead atoms. The van der Waals surface area contributed by atoms with E-state index in [-0.39, 0.29) is 17.2 Å². The van der Waals surface area contributed by atoms with Gasteiger partial charge in [0.15, 0.2) is 0 Å². The lowest BCUT2D eigenvalue weighted by Gasteiger charge is -2.36. The minimum atomic E-state index is -4.02. The average Bonchev–Trinajstić information content (AvgIpc) is 3.60. The molecule has 0 spiro atoms. The Bertz CT molecular complexity index is 1530. The molecule has 0 saturated carbocycles. The fraction of sp³-hybridized carbons (Fsp3) is 0.280. The van der Waals surface area contributed by atoms with Gasteiger partial charge in [0.25, 0.3) is 0 Å². The first-order valence-electron chi connectivity index (χ1n) is 11.9. The van der Waals surface area contributed by atoms with Gasteiger partial charge in [-0.15, -0.1) is 0 Å². The fourth-order valence-electron chi connectivity index (χ4n) is 4.56. The lowest BCUT2D eigenvalue weighted by molar-refractivity contribution is -0.133. The van der Waals surface area contributed by atoms with Crippen LogP contribution >= 0.6 is 0 Å². The summed E-state index contributed by atoms with van der Waals surface area (Å²) in [6.45, 7) is 2.20. The van der Waals surface area contributed by atoms with Crippen LogP contribution in [-0.2, 0) is 21.4 Å². The number of aromatic nitrogens is 4.